The van der Waals surface area contributed by atoms with Crippen molar-refractivity contribution in [2.24, 2.45) is 0 Å². The molecule has 2 N–H and O–H groups in total. The first kappa shape index (κ1) is 9.28. The second-order valence-electron chi connectivity index (χ2n) is 3.52. The van der Waals surface area contributed by atoms with Crippen LogP contribution in [0.25, 0.3) is 0 Å². The van der Waals surface area contributed by atoms with Gasteiger partial charge in [-0.15, -0.1) is 0 Å². The first-order valence-electron chi connectivity index (χ1n) is 3.57. The number of hydrogen-bond acceptors (Lipinski definition) is 5. The lowest BCUT2D eigenvalue weighted by Gasteiger charge is -2.43. The number of cyclic esters (lactones) is 2. The van der Waals surface area contributed by atoms with Gasteiger partial charge in [0, 0.05) is 0 Å². The minimum absolute atomic E-state index is 0.829. The standard InChI is InChI=1S/C7H12O5/c1-6(2,9)7(3,10)4-11-5(8)12-4/h4,9-10H,1-3H3. The molecule has 1 saturated heterocycles. The number of carbonyl (C=O) groups is 1. The summed E-state index contributed by atoms with van der Waals surface area (Å²) in [5, 5.41) is 19.1. The Morgan fingerprint density at radius 1 is 1.25 bits per heavy atom. The van der Waals surface area contributed by atoms with Crippen LogP contribution in [0.15, 0.2) is 0 Å². The highest BCUT2D eigenvalue weighted by Crippen LogP contribution is 2.32. The monoisotopic (exact) mass is 176 g/mol. The highest BCUT2D eigenvalue weighted by Gasteiger charge is 2.54. The second-order valence-corrected chi connectivity index (χ2v) is 3.52. The lowest BCUT2D eigenvalue weighted by atomic mass is 9.87. The predicted molar refractivity (Wildman–Crippen MR) is 38.3 cm³/mol. The fourth-order valence-corrected chi connectivity index (χ4v) is 0.702. The van der Waals surface area contributed by atoms with Gasteiger partial charge >= 0.3 is 6.16 Å². The molecule has 0 amide bonds. The molecule has 1 heterocycles. The van der Waals surface area contributed by atoms with Gasteiger partial charge in [-0.05, 0) is 20.8 Å². The first-order valence-corrected chi connectivity index (χ1v) is 3.57. The molecule has 12 heavy (non-hydrogen) atoms. The highest BCUT2D eigenvalue weighted by atomic mass is 16.9. The summed E-state index contributed by atoms with van der Waals surface area (Å²) in [6.07, 6.45) is -1.91. The van der Waals surface area contributed by atoms with Gasteiger partial charge in [0.1, 0.15) is 0 Å². The second kappa shape index (κ2) is 2.34. The number of aliphatic hydroxyl groups is 2. The third-order valence-electron chi connectivity index (χ3n) is 2.10. The van der Waals surface area contributed by atoms with Gasteiger partial charge < -0.3 is 19.7 Å². The van der Waals surface area contributed by atoms with Crippen molar-refractivity contribution in [3.05, 3.63) is 0 Å². The van der Waals surface area contributed by atoms with Crippen molar-refractivity contribution in [2.45, 2.75) is 38.3 Å². The van der Waals surface area contributed by atoms with Gasteiger partial charge in [-0.2, -0.15) is 0 Å². The van der Waals surface area contributed by atoms with Gasteiger partial charge in [0.05, 0.1) is 5.60 Å². The smallest absolute Gasteiger partial charge is 0.390 e. The van der Waals surface area contributed by atoms with Crippen molar-refractivity contribution in [1.29, 1.82) is 0 Å². The molecule has 1 unspecified atom stereocenters. The van der Waals surface area contributed by atoms with E-state index in [1.54, 1.807) is 0 Å². The zero-order valence-electron chi connectivity index (χ0n) is 7.20. The van der Waals surface area contributed by atoms with Crippen LogP contribution in [0.5, 0.6) is 0 Å². The molecule has 0 radical (unpaired) electrons. The molecule has 1 aliphatic rings. The van der Waals surface area contributed by atoms with Crippen LogP contribution in [0, 0.1) is 0 Å². The molecule has 1 atom stereocenters. The summed E-state index contributed by atoms with van der Waals surface area (Å²) in [5.74, 6) is 0. The number of rotatable bonds is 2. The van der Waals surface area contributed by atoms with E-state index in [2.05, 4.69) is 9.47 Å². The quantitative estimate of drug-likeness (QED) is 0.579. The minimum Gasteiger partial charge on any atom is -0.390 e. The summed E-state index contributed by atoms with van der Waals surface area (Å²) in [4.78, 5) is 10.2. The van der Waals surface area contributed by atoms with Crippen molar-refractivity contribution in [3.63, 3.8) is 0 Å². The van der Waals surface area contributed by atoms with Crippen molar-refractivity contribution >= 4 is 6.16 Å². The van der Waals surface area contributed by atoms with Crippen LogP contribution in [-0.2, 0) is 9.47 Å². The van der Waals surface area contributed by atoms with Gasteiger partial charge in [0.15, 0.2) is 5.60 Å². The number of hydrogen-bond donors (Lipinski definition) is 2. The van der Waals surface area contributed by atoms with Crippen LogP contribution in [0.2, 0.25) is 0 Å². The maximum atomic E-state index is 10.2. The molecule has 0 aromatic heterocycles. The van der Waals surface area contributed by atoms with Crippen LogP contribution < -0.4 is 0 Å². The minimum atomic E-state index is -1.60. The van der Waals surface area contributed by atoms with E-state index in [1.807, 2.05) is 0 Å². The zero-order chi connectivity index (χ0) is 9.57. The van der Waals surface area contributed by atoms with Gasteiger partial charge in [0.2, 0.25) is 0 Å². The Morgan fingerprint density at radius 2 is 1.67 bits per heavy atom. The number of carbonyl (C=O) groups excluding carboxylic acids is 1. The molecule has 5 heteroatoms. The van der Waals surface area contributed by atoms with E-state index in [1.165, 1.54) is 20.8 Å². The number of ether oxygens (including phenoxy) is 2. The Morgan fingerprint density at radius 3 is 1.92 bits per heavy atom. The molecule has 5 nitrogen and oxygen atoms in total. The molecule has 0 aromatic carbocycles. The fourth-order valence-electron chi connectivity index (χ4n) is 0.702. The summed E-state index contributed by atoms with van der Waals surface area (Å²) in [6, 6.07) is 0. The molecule has 0 spiro atoms. The predicted octanol–water partition coefficient (Wildman–Crippen LogP) is 0.00120. The normalized spacial score (nSPS) is 23.6. The van der Waals surface area contributed by atoms with E-state index < -0.39 is 23.6 Å². The van der Waals surface area contributed by atoms with E-state index >= 15 is 0 Å². The summed E-state index contributed by atoms with van der Waals surface area (Å²) in [7, 11) is 0. The van der Waals surface area contributed by atoms with Crippen LogP contribution in [0.4, 0.5) is 4.79 Å². The Kier molecular flexibility index (Phi) is 1.81. The molecule has 0 aromatic rings. The molecule has 0 aliphatic carbocycles. The Labute approximate surface area is 69.9 Å². The molecule has 1 aliphatic heterocycles. The largest absolute Gasteiger partial charge is 0.514 e. The van der Waals surface area contributed by atoms with E-state index in [0.29, 0.717) is 0 Å². The topological polar surface area (TPSA) is 76.0 Å². The SMILES string of the molecule is CC(C)(O)C(C)(O)C1OC(=O)O1. The van der Waals surface area contributed by atoms with Crippen LogP contribution in [0.3, 0.4) is 0 Å². The van der Waals surface area contributed by atoms with Gasteiger partial charge in [0.25, 0.3) is 6.29 Å². The summed E-state index contributed by atoms with van der Waals surface area (Å²) >= 11 is 0. The van der Waals surface area contributed by atoms with E-state index in [0.717, 1.165) is 0 Å². The maximum absolute atomic E-state index is 10.2. The molecule has 1 fully saturated rings. The maximum Gasteiger partial charge on any atom is 0.514 e. The Balaban J connectivity index is 2.67. The van der Waals surface area contributed by atoms with Crippen molar-refractivity contribution in [2.75, 3.05) is 0 Å². The average Bonchev–Trinajstić information content (AvgIpc) is 1.78. The van der Waals surface area contributed by atoms with E-state index in [9.17, 15) is 15.0 Å². The van der Waals surface area contributed by atoms with Gasteiger partial charge in [-0.25, -0.2) is 4.79 Å². The third-order valence-corrected chi connectivity index (χ3v) is 2.10. The Hall–Kier alpha value is -0.810. The van der Waals surface area contributed by atoms with Crippen molar-refractivity contribution in [1.82, 2.24) is 0 Å². The first-order chi connectivity index (χ1) is 5.25. The average molecular weight is 176 g/mol. The van der Waals surface area contributed by atoms with Crippen LogP contribution in [-0.4, -0.2) is 33.9 Å². The highest BCUT2D eigenvalue weighted by molar-refractivity contribution is 5.64. The Bertz CT molecular complexity index is 194. The summed E-state index contributed by atoms with van der Waals surface area (Å²) in [5.41, 5.74) is -2.99. The fraction of sp³-hybridized carbons (Fsp3) is 0.857. The van der Waals surface area contributed by atoms with Gasteiger partial charge in [-0.1, -0.05) is 0 Å². The van der Waals surface area contributed by atoms with Crippen molar-refractivity contribution < 1.29 is 24.5 Å². The lowest BCUT2D eigenvalue weighted by molar-refractivity contribution is -0.299. The van der Waals surface area contributed by atoms with E-state index in [4.69, 9.17) is 0 Å². The van der Waals surface area contributed by atoms with Crippen LogP contribution in [0.1, 0.15) is 20.8 Å². The summed E-state index contributed by atoms with van der Waals surface area (Å²) < 4.78 is 8.92. The lowest BCUT2D eigenvalue weighted by Crippen LogP contribution is -2.62. The molecular formula is C7H12O5. The van der Waals surface area contributed by atoms with Crippen LogP contribution >= 0.6 is 0 Å². The zero-order valence-corrected chi connectivity index (χ0v) is 7.20. The molecule has 70 valence electrons. The molecule has 0 bridgehead atoms. The van der Waals surface area contributed by atoms with Crippen molar-refractivity contribution in [3.8, 4) is 0 Å². The molecule has 0 saturated carbocycles. The summed E-state index contributed by atoms with van der Waals surface area (Å²) in [6.45, 7) is 4.15. The molecular weight excluding hydrogens is 164 g/mol. The van der Waals surface area contributed by atoms with E-state index in [-0.39, 0.29) is 0 Å². The van der Waals surface area contributed by atoms with Gasteiger partial charge in [-0.3, -0.25) is 0 Å². The third kappa shape index (κ3) is 1.25. The molecule has 1 rings (SSSR count).